The molecular formula is C12H15N5O. The van der Waals surface area contributed by atoms with Gasteiger partial charge in [-0.05, 0) is 25.3 Å². The molecule has 2 aliphatic heterocycles. The number of hydrogen-bond acceptors (Lipinski definition) is 6. The molecule has 1 spiro atoms. The maximum absolute atomic E-state index is 6.24. The van der Waals surface area contributed by atoms with Gasteiger partial charge in [-0.1, -0.05) is 17.4 Å². The normalized spacial score (nSPS) is 27.7. The second-order valence-corrected chi connectivity index (χ2v) is 5.22. The molecule has 1 atom stereocenters. The van der Waals surface area contributed by atoms with E-state index in [1.807, 2.05) is 23.2 Å². The van der Waals surface area contributed by atoms with Crippen molar-refractivity contribution in [1.29, 1.82) is 0 Å². The zero-order valence-electron chi connectivity index (χ0n) is 9.97. The number of nitrogens with two attached hydrogens (primary N) is 1. The number of ether oxygens (including phenoxy) is 1. The minimum Gasteiger partial charge on any atom is -0.483 e. The molecule has 1 fully saturated rings. The first-order valence-electron chi connectivity index (χ1n) is 6.27. The molecule has 2 heterocycles. The number of benzene rings is 1. The highest BCUT2D eigenvalue weighted by Crippen LogP contribution is 2.47. The fourth-order valence-corrected chi connectivity index (χ4v) is 2.89. The number of hydrogen-bond donors (Lipinski definition) is 2. The van der Waals surface area contributed by atoms with E-state index in [1.54, 1.807) is 0 Å². The number of nitrogens with one attached hydrogen (secondary N) is 1. The summed E-state index contributed by atoms with van der Waals surface area (Å²) in [7, 11) is 0. The van der Waals surface area contributed by atoms with E-state index in [9.17, 15) is 0 Å². The lowest BCUT2D eigenvalue weighted by Crippen LogP contribution is -2.52. The van der Waals surface area contributed by atoms with Gasteiger partial charge in [0.25, 0.3) is 0 Å². The lowest BCUT2D eigenvalue weighted by molar-refractivity contribution is -0.0401. The van der Waals surface area contributed by atoms with E-state index in [1.165, 1.54) is 6.42 Å². The summed E-state index contributed by atoms with van der Waals surface area (Å²) in [5.74, 6) is 0.785. The van der Waals surface area contributed by atoms with Gasteiger partial charge in [-0.15, -0.1) is 5.11 Å². The van der Waals surface area contributed by atoms with Crippen LogP contribution in [0.15, 0.2) is 28.5 Å². The van der Waals surface area contributed by atoms with Crippen molar-refractivity contribution in [2.24, 2.45) is 10.3 Å². The number of anilines is 1. The van der Waals surface area contributed by atoms with Crippen LogP contribution in [0.4, 0.5) is 5.69 Å². The molecule has 18 heavy (non-hydrogen) atoms. The fourth-order valence-electron chi connectivity index (χ4n) is 2.89. The minimum atomic E-state index is -0.124. The third-order valence-electron chi connectivity index (χ3n) is 4.03. The Balaban J connectivity index is 1.86. The van der Waals surface area contributed by atoms with Gasteiger partial charge in [-0.25, -0.2) is 5.53 Å². The Morgan fingerprint density at radius 3 is 3.11 bits per heavy atom. The molecular weight excluding hydrogens is 230 g/mol. The van der Waals surface area contributed by atoms with Crippen LogP contribution in [0.3, 0.4) is 0 Å². The maximum Gasteiger partial charge on any atom is 0.172 e. The average Bonchev–Trinajstić information content (AvgIpc) is 2.71. The number of nitrogen functional groups attached to an aromatic ring is 1. The first-order valence-corrected chi connectivity index (χ1v) is 6.27. The van der Waals surface area contributed by atoms with Crippen molar-refractivity contribution in [3.63, 3.8) is 0 Å². The van der Waals surface area contributed by atoms with Crippen LogP contribution in [-0.4, -0.2) is 17.2 Å². The Bertz CT molecular complexity index is 525. The van der Waals surface area contributed by atoms with Gasteiger partial charge in [0.05, 0.1) is 12.2 Å². The van der Waals surface area contributed by atoms with Gasteiger partial charge in [0.15, 0.2) is 6.17 Å². The van der Waals surface area contributed by atoms with Crippen molar-refractivity contribution in [3.05, 3.63) is 23.8 Å². The summed E-state index contributed by atoms with van der Waals surface area (Å²) in [5.41, 5.74) is 10.6. The second kappa shape index (κ2) is 3.35. The van der Waals surface area contributed by atoms with E-state index in [2.05, 4.69) is 15.9 Å². The summed E-state index contributed by atoms with van der Waals surface area (Å²) in [6.45, 7) is 0.790. The van der Waals surface area contributed by atoms with Crippen LogP contribution in [-0.2, 0) is 0 Å². The Labute approximate surface area is 105 Å². The summed E-state index contributed by atoms with van der Waals surface area (Å²) in [6, 6.07) is 5.82. The van der Waals surface area contributed by atoms with E-state index in [0.29, 0.717) is 5.69 Å². The molecule has 3 aliphatic rings. The lowest BCUT2D eigenvalue weighted by Gasteiger charge is -2.42. The average molecular weight is 245 g/mol. The minimum absolute atomic E-state index is 0.122. The monoisotopic (exact) mass is 245 g/mol. The van der Waals surface area contributed by atoms with Crippen molar-refractivity contribution >= 4 is 5.69 Å². The highest BCUT2D eigenvalue weighted by molar-refractivity contribution is 5.58. The topological polar surface area (TPSA) is 75.2 Å². The molecule has 6 nitrogen and oxygen atoms in total. The van der Waals surface area contributed by atoms with Crippen LogP contribution in [0.25, 0.3) is 0 Å². The SMILES string of the molecule is Nc1cccc2c1OC1(CCC1)CN1NN=NC21. The Kier molecular flexibility index (Phi) is 1.89. The molecule has 0 saturated heterocycles. The number of hydrazine groups is 1. The summed E-state index contributed by atoms with van der Waals surface area (Å²) in [6.07, 6.45) is 3.20. The van der Waals surface area contributed by atoms with Gasteiger partial charge in [-0.3, -0.25) is 0 Å². The van der Waals surface area contributed by atoms with Gasteiger partial charge < -0.3 is 10.5 Å². The number of rotatable bonds is 0. The second-order valence-electron chi connectivity index (χ2n) is 5.22. The standard InChI is InChI=1S/C12H15N5O/c13-9-4-1-3-8-10(9)18-12(5-2-6-12)7-17-11(8)14-15-16-17/h1,3-4,11H,2,5-7,13H2,(H,14,16). The van der Waals surface area contributed by atoms with E-state index in [-0.39, 0.29) is 11.8 Å². The molecule has 0 bridgehead atoms. The quantitative estimate of drug-likeness (QED) is 0.683. The molecule has 1 saturated carbocycles. The third kappa shape index (κ3) is 1.26. The predicted octanol–water partition coefficient (Wildman–Crippen LogP) is 1.77. The molecule has 4 rings (SSSR count). The Hall–Kier alpha value is -1.82. The summed E-state index contributed by atoms with van der Waals surface area (Å²) in [5, 5.41) is 10.2. The third-order valence-corrected chi connectivity index (χ3v) is 4.03. The molecule has 3 N–H and O–H groups in total. The first kappa shape index (κ1) is 10.1. The van der Waals surface area contributed by atoms with E-state index >= 15 is 0 Å². The molecule has 6 heteroatoms. The first-order chi connectivity index (χ1) is 8.77. The van der Waals surface area contributed by atoms with Gasteiger partial charge in [-0.2, -0.15) is 5.01 Å². The maximum atomic E-state index is 6.24. The fraction of sp³-hybridized carbons (Fsp3) is 0.500. The molecule has 1 unspecified atom stereocenters. The molecule has 1 aromatic rings. The van der Waals surface area contributed by atoms with Crippen molar-refractivity contribution in [2.45, 2.75) is 31.0 Å². The van der Waals surface area contributed by atoms with Crippen LogP contribution >= 0.6 is 0 Å². The smallest absolute Gasteiger partial charge is 0.172 e. The number of fused-ring (bicyclic) bond motifs is 3. The zero-order valence-corrected chi connectivity index (χ0v) is 9.97. The van der Waals surface area contributed by atoms with Gasteiger partial charge in [0.2, 0.25) is 0 Å². The summed E-state index contributed by atoms with van der Waals surface area (Å²) < 4.78 is 6.24. The van der Waals surface area contributed by atoms with Gasteiger partial charge >= 0.3 is 0 Å². The number of para-hydroxylation sites is 1. The molecule has 0 aromatic heterocycles. The predicted molar refractivity (Wildman–Crippen MR) is 65.5 cm³/mol. The highest BCUT2D eigenvalue weighted by Gasteiger charge is 2.47. The van der Waals surface area contributed by atoms with Crippen LogP contribution in [0.1, 0.15) is 31.0 Å². The van der Waals surface area contributed by atoms with Crippen molar-refractivity contribution < 1.29 is 4.74 Å². The molecule has 1 aliphatic carbocycles. The summed E-state index contributed by atoms with van der Waals surface area (Å²) in [4.78, 5) is 0. The van der Waals surface area contributed by atoms with Crippen molar-refractivity contribution in [1.82, 2.24) is 10.5 Å². The van der Waals surface area contributed by atoms with Gasteiger partial charge in [0.1, 0.15) is 11.4 Å². The zero-order chi connectivity index (χ0) is 12.2. The van der Waals surface area contributed by atoms with E-state index in [0.717, 1.165) is 30.7 Å². The Morgan fingerprint density at radius 1 is 1.44 bits per heavy atom. The largest absolute Gasteiger partial charge is 0.483 e. The van der Waals surface area contributed by atoms with Crippen LogP contribution in [0, 0.1) is 0 Å². The van der Waals surface area contributed by atoms with E-state index < -0.39 is 0 Å². The van der Waals surface area contributed by atoms with Crippen LogP contribution < -0.4 is 16.0 Å². The van der Waals surface area contributed by atoms with Crippen molar-refractivity contribution in [3.8, 4) is 5.75 Å². The molecule has 94 valence electrons. The van der Waals surface area contributed by atoms with Gasteiger partial charge in [0, 0.05) is 5.56 Å². The Morgan fingerprint density at radius 2 is 2.33 bits per heavy atom. The highest BCUT2D eigenvalue weighted by atomic mass is 16.5. The molecule has 0 amide bonds. The lowest BCUT2D eigenvalue weighted by atomic mass is 9.80. The molecule has 0 radical (unpaired) electrons. The number of nitrogens with zero attached hydrogens (tertiary/aromatic N) is 3. The molecule has 1 aromatic carbocycles. The van der Waals surface area contributed by atoms with E-state index in [4.69, 9.17) is 10.5 Å². The van der Waals surface area contributed by atoms with Crippen molar-refractivity contribution in [2.75, 3.05) is 12.3 Å². The van der Waals surface area contributed by atoms with Crippen LogP contribution in [0.2, 0.25) is 0 Å². The summed E-state index contributed by atoms with van der Waals surface area (Å²) >= 11 is 0. The van der Waals surface area contributed by atoms with Crippen LogP contribution in [0.5, 0.6) is 5.75 Å².